The third kappa shape index (κ3) is 5.10. The van der Waals surface area contributed by atoms with Crippen molar-refractivity contribution in [1.29, 1.82) is 0 Å². The van der Waals surface area contributed by atoms with E-state index in [-0.39, 0.29) is 43.3 Å². The van der Waals surface area contributed by atoms with Gasteiger partial charge in [0.1, 0.15) is 0 Å². The number of fused-ring (bicyclic) bond motifs is 2. The molecule has 4 aliphatic rings. The highest BCUT2D eigenvalue weighted by molar-refractivity contribution is 6.72. The topological polar surface area (TPSA) is 90.4 Å². The number of benzene rings is 2. The fourth-order valence-electron chi connectivity index (χ4n) is 7.90. The minimum atomic E-state index is -3.44. The van der Waals surface area contributed by atoms with Gasteiger partial charge >= 0.3 is 0 Å². The Morgan fingerprint density at radius 2 is 1.88 bits per heavy atom. The molecule has 8 nitrogen and oxygen atoms in total. The highest BCUT2D eigenvalue weighted by Gasteiger charge is 2.67. The minimum absolute atomic E-state index is 0.0481. The van der Waals surface area contributed by atoms with E-state index in [9.17, 15) is 19.5 Å². The molecule has 230 valence electrons. The van der Waals surface area contributed by atoms with Crippen molar-refractivity contribution in [3.05, 3.63) is 58.6 Å². The van der Waals surface area contributed by atoms with E-state index in [1.807, 2.05) is 31.2 Å². The van der Waals surface area contributed by atoms with Gasteiger partial charge in [0.25, 0.3) is 5.91 Å². The van der Waals surface area contributed by atoms with Gasteiger partial charge in [-0.05, 0) is 68.3 Å². The predicted molar refractivity (Wildman–Crippen MR) is 165 cm³/mol. The van der Waals surface area contributed by atoms with Gasteiger partial charge < -0.3 is 28.7 Å². The number of hydrogen-bond acceptors (Lipinski definition) is 5. The Morgan fingerprint density at radius 3 is 2.53 bits per heavy atom. The number of amides is 3. The van der Waals surface area contributed by atoms with Crippen LogP contribution in [0.2, 0.25) is 23.7 Å². The van der Waals surface area contributed by atoms with Gasteiger partial charge in [-0.25, -0.2) is 0 Å². The summed E-state index contributed by atoms with van der Waals surface area (Å²) in [6.45, 7) is 6.49. The van der Waals surface area contributed by atoms with E-state index < -0.39 is 31.6 Å². The number of halogens is 2. The van der Waals surface area contributed by atoms with Crippen LogP contribution >= 0.6 is 11.6 Å². The summed E-state index contributed by atoms with van der Waals surface area (Å²) in [6, 6.07) is 12.7. The zero-order valence-corrected chi connectivity index (χ0v) is 26.6. The second-order valence-electron chi connectivity index (χ2n) is 12.9. The number of ether oxygens (including phenoxy) is 1. The molecule has 0 radical (unpaired) electrons. The Labute approximate surface area is 257 Å². The van der Waals surface area contributed by atoms with Crippen molar-refractivity contribution in [3.63, 3.8) is 0 Å². The second-order valence-corrected chi connectivity index (χ2v) is 17.1. The van der Waals surface area contributed by atoms with Crippen molar-refractivity contribution in [2.75, 3.05) is 29.5 Å². The molecule has 5 atom stereocenters. The molecule has 0 aliphatic carbocycles. The van der Waals surface area contributed by atoms with E-state index in [2.05, 4.69) is 0 Å². The van der Waals surface area contributed by atoms with Gasteiger partial charge in [0.05, 0.1) is 37.4 Å². The lowest BCUT2D eigenvalue weighted by Crippen LogP contribution is -2.45. The molecule has 4 heterocycles. The number of rotatable bonds is 7. The van der Waals surface area contributed by atoms with Crippen LogP contribution in [0.25, 0.3) is 0 Å². The predicted octanol–water partition coefficient (Wildman–Crippen LogP) is 5.16. The van der Waals surface area contributed by atoms with Gasteiger partial charge in [-0.2, -0.15) is 0 Å². The van der Waals surface area contributed by atoms with Crippen LogP contribution in [0.3, 0.4) is 0 Å². The second kappa shape index (κ2) is 11.3. The fraction of sp³-hybridized carbons (Fsp3) is 0.531. The van der Waals surface area contributed by atoms with Gasteiger partial charge in [-0.15, -0.1) is 0 Å². The molecule has 3 amide bonds. The van der Waals surface area contributed by atoms with Gasteiger partial charge in [-0.3, -0.25) is 14.4 Å². The standard InChI is InChI=1S/C32H39ClFN3O5Si/c1-20-30(43(2,3)34)27(17-29(40)36-14-4-6-24(36)19-38)42-32(20)25-16-22(33)10-13-26(25)37(31(32)41)18-21-8-11-23(12-9-21)35-15-5-7-28(35)39/h8-13,16,20,24,27,30,38H,4-7,14-15,17-19H2,1-3H3/t20-,24-,27+,30-,32+/m0/s1. The first-order valence-corrected chi connectivity index (χ1v) is 18.6. The fourth-order valence-corrected chi connectivity index (χ4v) is 10.6. The molecule has 0 bridgehead atoms. The molecule has 3 fully saturated rings. The number of nitrogens with zero attached hydrogens (tertiary/aromatic N) is 3. The zero-order chi connectivity index (χ0) is 30.7. The SMILES string of the molecule is C[C@H]1[C@H]([Si](C)(C)F)[C@@H](CC(=O)N2CCC[C@H]2CO)O[C@]12C(=O)N(Cc1ccc(N3CCCC3=O)cc1)c1ccc(Cl)cc12. The number of aliphatic hydroxyl groups excluding tert-OH is 1. The van der Waals surface area contributed by atoms with Gasteiger partial charge in [0.2, 0.25) is 20.2 Å². The molecule has 2 aromatic rings. The maximum Gasteiger partial charge on any atom is 0.264 e. The first-order valence-electron chi connectivity index (χ1n) is 15.2. The van der Waals surface area contributed by atoms with Crippen molar-refractivity contribution >= 4 is 49.1 Å². The van der Waals surface area contributed by atoms with Crippen LogP contribution in [0.15, 0.2) is 42.5 Å². The van der Waals surface area contributed by atoms with Gasteiger partial charge in [0, 0.05) is 47.2 Å². The van der Waals surface area contributed by atoms with E-state index in [0.29, 0.717) is 35.8 Å². The third-order valence-corrected chi connectivity index (χ3v) is 12.6. The number of carbonyl (C=O) groups excluding carboxylic acids is 3. The van der Waals surface area contributed by atoms with E-state index in [1.54, 1.807) is 46.0 Å². The van der Waals surface area contributed by atoms with Crippen molar-refractivity contribution in [3.8, 4) is 0 Å². The molecular formula is C32H39ClFN3O5Si. The maximum absolute atomic E-state index is 16.1. The lowest BCUT2D eigenvalue weighted by atomic mass is 9.82. The summed E-state index contributed by atoms with van der Waals surface area (Å²) in [6.07, 6.45) is 2.10. The monoisotopic (exact) mass is 627 g/mol. The summed E-state index contributed by atoms with van der Waals surface area (Å²) in [5.41, 5.74) is 0.880. The molecule has 0 aromatic heterocycles. The largest absolute Gasteiger partial charge is 0.394 e. The van der Waals surface area contributed by atoms with Gasteiger partial charge in [-0.1, -0.05) is 30.7 Å². The number of anilines is 2. The summed E-state index contributed by atoms with van der Waals surface area (Å²) >= 11 is 6.48. The first-order chi connectivity index (χ1) is 20.5. The Bertz CT molecular complexity index is 1440. The van der Waals surface area contributed by atoms with E-state index in [0.717, 1.165) is 30.5 Å². The summed E-state index contributed by atoms with van der Waals surface area (Å²) in [4.78, 5) is 45.4. The molecule has 1 spiro atoms. The summed E-state index contributed by atoms with van der Waals surface area (Å²) < 4.78 is 22.8. The van der Waals surface area contributed by atoms with Crippen LogP contribution in [0.1, 0.15) is 50.2 Å². The van der Waals surface area contributed by atoms with Crippen molar-refractivity contribution in [1.82, 2.24) is 4.90 Å². The molecule has 1 N–H and O–H groups in total. The molecule has 0 unspecified atom stereocenters. The Balaban J connectivity index is 1.32. The van der Waals surface area contributed by atoms with E-state index in [1.165, 1.54) is 0 Å². The van der Waals surface area contributed by atoms with Crippen molar-refractivity contribution in [2.24, 2.45) is 5.92 Å². The summed E-state index contributed by atoms with van der Waals surface area (Å²) in [7, 11) is -3.44. The molecule has 11 heteroatoms. The average molecular weight is 628 g/mol. The number of likely N-dealkylation sites (tertiary alicyclic amines) is 1. The minimum Gasteiger partial charge on any atom is -0.394 e. The number of carbonyl (C=O) groups is 3. The molecule has 43 heavy (non-hydrogen) atoms. The quantitative estimate of drug-likeness (QED) is 0.338. The molecule has 6 rings (SSSR count). The molecular weight excluding hydrogens is 589 g/mol. The van der Waals surface area contributed by atoms with Crippen LogP contribution in [-0.4, -0.2) is 68.0 Å². The lowest BCUT2D eigenvalue weighted by molar-refractivity contribution is -0.150. The van der Waals surface area contributed by atoms with Crippen molar-refractivity contribution in [2.45, 2.75) is 82.0 Å². The highest BCUT2D eigenvalue weighted by atomic mass is 35.5. The summed E-state index contributed by atoms with van der Waals surface area (Å²) in [5, 5.41) is 10.2. The van der Waals surface area contributed by atoms with Crippen LogP contribution in [-0.2, 0) is 31.3 Å². The number of aliphatic hydroxyl groups is 1. The third-order valence-electron chi connectivity index (χ3n) is 9.87. The van der Waals surface area contributed by atoms with Gasteiger partial charge in [0.15, 0.2) is 5.60 Å². The maximum atomic E-state index is 16.1. The lowest BCUT2D eigenvalue weighted by Gasteiger charge is -2.31. The molecule has 2 aromatic carbocycles. The highest BCUT2D eigenvalue weighted by Crippen LogP contribution is 2.60. The smallest absolute Gasteiger partial charge is 0.264 e. The van der Waals surface area contributed by atoms with Crippen molar-refractivity contribution < 1.29 is 28.3 Å². The zero-order valence-electron chi connectivity index (χ0n) is 24.9. The molecule has 3 saturated heterocycles. The van der Waals surface area contributed by atoms with E-state index in [4.69, 9.17) is 16.3 Å². The summed E-state index contributed by atoms with van der Waals surface area (Å²) in [5.74, 6) is -0.897. The van der Waals surface area contributed by atoms with Crippen LogP contribution < -0.4 is 9.80 Å². The van der Waals surface area contributed by atoms with Crippen LogP contribution in [0.4, 0.5) is 15.5 Å². The Hall–Kier alpha value is -2.79. The Morgan fingerprint density at radius 1 is 1.14 bits per heavy atom. The first kappa shape index (κ1) is 30.2. The van der Waals surface area contributed by atoms with Crippen LogP contribution in [0, 0.1) is 5.92 Å². The van der Waals surface area contributed by atoms with Crippen LogP contribution in [0.5, 0.6) is 0 Å². The molecule has 0 saturated carbocycles. The average Bonchev–Trinajstić information content (AvgIpc) is 3.72. The molecule has 4 aliphatic heterocycles. The number of hydrogen-bond donors (Lipinski definition) is 1. The Kier molecular flexibility index (Phi) is 7.94. The van der Waals surface area contributed by atoms with E-state index >= 15 is 4.11 Å². The normalized spacial score (nSPS) is 28.9.